The topological polar surface area (TPSA) is 75.8 Å². The second-order valence-electron chi connectivity index (χ2n) is 4.88. The lowest BCUT2D eigenvalue weighted by Gasteiger charge is -2.19. The second-order valence-corrected chi connectivity index (χ2v) is 4.88. The zero-order valence-corrected chi connectivity index (χ0v) is 16.7. The molecule has 0 saturated heterocycles. The average molecular weight is 435 g/mol. The summed E-state index contributed by atoms with van der Waals surface area (Å²) in [6.07, 6.45) is 2.78. The molecule has 0 unspecified atom stereocenters. The Kier molecular flexibility index (Phi) is 12.7. The summed E-state index contributed by atoms with van der Waals surface area (Å²) in [4.78, 5) is 11.0. The van der Waals surface area contributed by atoms with Gasteiger partial charge in [0, 0.05) is 39.0 Å². The van der Waals surface area contributed by atoms with Gasteiger partial charge in [0.05, 0.1) is 6.54 Å². The SMILES string of the molecule is CCOCCCNC(N)=NCc1ccc(N(CC)CC)nc1.I. The highest BCUT2D eigenvalue weighted by Gasteiger charge is 2.02. The maximum absolute atomic E-state index is 5.83. The van der Waals surface area contributed by atoms with Crippen LogP contribution in [0.15, 0.2) is 23.3 Å². The molecule has 1 aromatic rings. The number of aromatic nitrogens is 1. The lowest BCUT2D eigenvalue weighted by atomic mass is 10.3. The third-order valence-corrected chi connectivity index (χ3v) is 3.30. The summed E-state index contributed by atoms with van der Waals surface area (Å²) in [5.74, 6) is 1.46. The highest BCUT2D eigenvalue weighted by atomic mass is 127. The van der Waals surface area contributed by atoms with Crippen molar-refractivity contribution in [2.24, 2.45) is 10.7 Å². The van der Waals surface area contributed by atoms with Gasteiger partial charge in [0.25, 0.3) is 0 Å². The highest BCUT2D eigenvalue weighted by Crippen LogP contribution is 2.11. The Balaban J connectivity index is 0.00000484. The molecule has 6 nitrogen and oxygen atoms in total. The lowest BCUT2D eigenvalue weighted by molar-refractivity contribution is 0.145. The minimum atomic E-state index is 0. The number of guanidine groups is 1. The van der Waals surface area contributed by atoms with Crippen LogP contribution in [0, 0.1) is 0 Å². The Morgan fingerprint density at radius 3 is 2.61 bits per heavy atom. The van der Waals surface area contributed by atoms with Crippen molar-refractivity contribution < 1.29 is 4.74 Å². The molecule has 0 amide bonds. The summed E-state index contributed by atoms with van der Waals surface area (Å²) in [6.45, 7) is 11.0. The Labute approximate surface area is 156 Å². The normalized spacial score (nSPS) is 11.0. The molecule has 3 N–H and O–H groups in total. The first-order chi connectivity index (χ1) is 10.7. The molecule has 132 valence electrons. The molecule has 23 heavy (non-hydrogen) atoms. The summed E-state index contributed by atoms with van der Waals surface area (Å²) in [5, 5.41) is 3.08. The molecule has 0 bridgehead atoms. The van der Waals surface area contributed by atoms with Gasteiger partial charge in [-0.05, 0) is 38.8 Å². The van der Waals surface area contributed by atoms with Crippen LogP contribution in [-0.4, -0.2) is 43.8 Å². The number of hydrogen-bond donors (Lipinski definition) is 2. The minimum absolute atomic E-state index is 0. The average Bonchev–Trinajstić information content (AvgIpc) is 2.55. The second kappa shape index (κ2) is 13.4. The van der Waals surface area contributed by atoms with Gasteiger partial charge in [-0.25, -0.2) is 9.98 Å². The molecule has 0 radical (unpaired) electrons. The molecule has 7 heteroatoms. The van der Waals surface area contributed by atoms with Gasteiger partial charge < -0.3 is 20.7 Å². The van der Waals surface area contributed by atoms with Gasteiger partial charge in [0.2, 0.25) is 0 Å². The fourth-order valence-electron chi connectivity index (χ4n) is 2.01. The number of hydrogen-bond acceptors (Lipinski definition) is 4. The molecule has 0 spiro atoms. The Hall–Kier alpha value is -1.09. The standard InChI is InChI=1S/C16H29N5O.HI/c1-4-21(5-2)15-9-8-14(12-19-15)13-20-16(17)18-10-7-11-22-6-3;/h8-9,12H,4-7,10-11,13H2,1-3H3,(H3,17,18,20);1H. The predicted octanol–water partition coefficient (Wildman–Crippen LogP) is 2.38. The van der Waals surface area contributed by atoms with Crippen LogP contribution in [0.1, 0.15) is 32.8 Å². The van der Waals surface area contributed by atoms with Crippen molar-refractivity contribution in [3.05, 3.63) is 23.9 Å². The molecule has 1 aromatic heterocycles. The zero-order valence-electron chi connectivity index (χ0n) is 14.4. The highest BCUT2D eigenvalue weighted by molar-refractivity contribution is 14.0. The summed E-state index contributed by atoms with van der Waals surface area (Å²) >= 11 is 0. The fraction of sp³-hybridized carbons (Fsp3) is 0.625. The van der Waals surface area contributed by atoms with Crippen molar-refractivity contribution in [2.45, 2.75) is 33.7 Å². The number of ether oxygens (including phenoxy) is 1. The number of halogens is 1. The quantitative estimate of drug-likeness (QED) is 0.256. The fourth-order valence-corrected chi connectivity index (χ4v) is 2.01. The maximum atomic E-state index is 5.83. The van der Waals surface area contributed by atoms with Crippen molar-refractivity contribution in [3.63, 3.8) is 0 Å². The monoisotopic (exact) mass is 435 g/mol. The third kappa shape index (κ3) is 8.95. The molecular weight excluding hydrogens is 405 g/mol. The largest absolute Gasteiger partial charge is 0.382 e. The molecule has 0 saturated carbocycles. The molecule has 0 fully saturated rings. The van der Waals surface area contributed by atoms with E-state index < -0.39 is 0 Å². The molecule has 0 atom stereocenters. The van der Waals surface area contributed by atoms with Crippen LogP contribution in [-0.2, 0) is 11.3 Å². The van der Waals surface area contributed by atoms with Gasteiger partial charge in [-0.3, -0.25) is 0 Å². The van der Waals surface area contributed by atoms with E-state index in [1.54, 1.807) is 0 Å². The predicted molar refractivity (Wildman–Crippen MR) is 108 cm³/mol. The molecule has 1 heterocycles. The van der Waals surface area contributed by atoms with Gasteiger partial charge >= 0.3 is 0 Å². The van der Waals surface area contributed by atoms with E-state index in [9.17, 15) is 0 Å². The first-order valence-corrected chi connectivity index (χ1v) is 8.02. The van der Waals surface area contributed by atoms with Crippen LogP contribution in [0.2, 0.25) is 0 Å². The summed E-state index contributed by atoms with van der Waals surface area (Å²) in [7, 11) is 0. The van der Waals surface area contributed by atoms with Crippen LogP contribution in [0.5, 0.6) is 0 Å². The van der Waals surface area contributed by atoms with Gasteiger partial charge in [0.15, 0.2) is 5.96 Å². The van der Waals surface area contributed by atoms with Crippen LogP contribution in [0.4, 0.5) is 5.82 Å². The molecule has 0 aliphatic rings. The number of nitrogens with two attached hydrogens (primary N) is 1. The smallest absolute Gasteiger partial charge is 0.188 e. The van der Waals surface area contributed by atoms with Gasteiger partial charge in [0.1, 0.15) is 5.82 Å². The van der Waals surface area contributed by atoms with Crippen molar-refractivity contribution in [1.82, 2.24) is 10.3 Å². The van der Waals surface area contributed by atoms with E-state index in [-0.39, 0.29) is 24.0 Å². The summed E-state index contributed by atoms with van der Waals surface area (Å²) < 4.78 is 5.26. The Morgan fingerprint density at radius 1 is 1.30 bits per heavy atom. The number of rotatable bonds is 10. The first kappa shape index (κ1) is 21.9. The van der Waals surface area contributed by atoms with Crippen molar-refractivity contribution >= 4 is 35.8 Å². The van der Waals surface area contributed by atoms with Crippen LogP contribution in [0.3, 0.4) is 0 Å². The first-order valence-electron chi connectivity index (χ1n) is 8.02. The van der Waals surface area contributed by atoms with E-state index in [1.165, 1.54) is 0 Å². The van der Waals surface area contributed by atoms with Crippen LogP contribution in [0.25, 0.3) is 0 Å². The van der Waals surface area contributed by atoms with Gasteiger partial charge in [-0.2, -0.15) is 0 Å². The number of nitrogens with one attached hydrogen (secondary N) is 1. The van der Waals surface area contributed by atoms with E-state index >= 15 is 0 Å². The minimum Gasteiger partial charge on any atom is -0.382 e. The lowest BCUT2D eigenvalue weighted by Crippen LogP contribution is -2.32. The molecular formula is C16H30IN5O. The Morgan fingerprint density at radius 2 is 2.04 bits per heavy atom. The van der Waals surface area contributed by atoms with E-state index in [2.05, 4.69) is 34.0 Å². The zero-order chi connectivity index (χ0) is 16.2. The number of nitrogens with zero attached hydrogens (tertiary/aromatic N) is 3. The van der Waals surface area contributed by atoms with Gasteiger partial charge in [-0.1, -0.05) is 6.07 Å². The van der Waals surface area contributed by atoms with E-state index in [1.807, 2.05) is 25.3 Å². The summed E-state index contributed by atoms with van der Waals surface area (Å²) in [6, 6.07) is 4.08. The van der Waals surface area contributed by atoms with E-state index in [0.717, 1.165) is 50.7 Å². The molecule has 0 aliphatic carbocycles. The van der Waals surface area contributed by atoms with Crippen molar-refractivity contribution in [3.8, 4) is 0 Å². The molecule has 0 aromatic carbocycles. The van der Waals surface area contributed by atoms with Crippen molar-refractivity contribution in [1.29, 1.82) is 0 Å². The number of anilines is 1. The number of aliphatic imine (C=N–C) groups is 1. The Bertz CT molecular complexity index is 435. The third-order valence-electron chi connectivity index (χ3n) is 3.30. The van der Waals surface area contributed by atoms with Crippen LogP contribution >= 0.6 is 24.0 Å². The van der Waals surface area contributed by atoms with E-state index in [0.29, 0.717) is 12.5 Å². The molecule has 0 aliphatic heterocycles. The maximum Gasteiger partial charge on any atom is 0.188 e. The van der Waals surface area contributed by atoms with E-state index in [4.69, 9.17) is 10.5 Å². The number of pyridine rings is 1. The van der Waals surface area contributed by atoms with Crippen molar-refractivity contribution in [2.75, 3.05) is 37.7 Å². The summed E-state index contributed by atoms with van der Waals surface area (Å²) in [5.41, 5.74) is 6.88. The van der Waals surface area contributed by atoms with Crippen LogP contribution < -0.4 is 16.0 Å². The van der Waals surface area contributed by atoms with Gasteiger partial charge in [-0.15, -0.1) is 24.0 Å². The molecule has 1 rings (SSSR count).